The predicted molar refractivity (Wildman–Crippen MR) is 189 cm³/mol. The van der Waals surface area contributed by atoms with E-state index in [4.69, 9.17) is 21.3 Å². The minimum Gasteiger partial charge on any atom is -0.479 e. The zero-order valence-corrected chi connectivity index (χ0v) is 28.5. The smallest absolute Gasteiger partial charge is 0.337 e. The largest absolute Gasteiger partial charge is 0.479 e. The van der Waals surface area contributed by atoms with Crippen LogP contribution in [0.25, 0.3) is 55.4 Å². The third-order valence-corrected chi connectivity index (χ3v) is 9.26. The van der Waals surface area contributed by atoms with Crippen LogP contribution in [-0.4, -0.2) is 48.5 Å². The Morgan fingerprint density at radius 2 is 1.71 bits per heavy atom. The summed E-state index contributed by atoms with van der Waals surface area (Å²) in [6.45, 7) is 9.96. The molecule has 1 amide bonds. The number of rotatable bonds is 6. The number of carboxylic acid groups (broad SMARTS) is 1. The molecule has 244 valence electrons. The van der Waals surface area contributed by atoms with Gasteiger partial charge >= 0.3 is 5.97 Å². The molecule has 7 rings (SSSR count). The number of fused-ring (bicyclic) bond motifs is 1. The fourth-order valence-electron chi connectivity index (χ4n) is 6.97. The van der Waals surface area contributed by atoms with E-state index >= 15 is 0 Å². The first-order valence-electron chi connectivity index (χ1n) is 15.9. The van der Waals surface area contributed by atoms with E-state index in [0.717, 1.165) is 55.4 Å². The van der Waals surface area contributed by atoms with Crippen molar-refractivity contribution in [3.8, 4) is 33.6 Å². The quantitative estimate of drug-likeness (QED) is 0.193. The number of pyridine rings is 1. The van der Waals surface area contributed by atoms with Crippen molar-refractivity contribution in [1.29, 1.82) is 0 Å². The second-order valence-corrected chi connectivity index (χ2v) is 13.7. The van der Waals surface area contributed by atoms with E-state index in [1.165, 1.54) is 0 Å². The number of anilines is 1. The van der Waals surface area contributed by atoms with Crippen LogP contribution in [0.5, 0.6) is 0 Å². The minimum absolute atomic E-state index is 0.112. The lowest BCUT2D eigenvalue weighted by molar-refractivity contribution is -0.160. The molecule has 3 aromatic carbocycles. The van der Waals surface area contributed by atoms with Gasteiger partial charge in [0, 0.05) is 71.4 Å². The van der Waals surface area contributed by atoms with Crippen LogP contribution >= 0.6 is 11.6 Å². The number of amides is 1. The van der Waals surface area contributed by atoms with Gasteiger partial charge in [-0.25, -0.2) is 4.79 Å². The maximum absolute atomic E-state index is 13.2. The van der Waals surface area contributed by atoms with Crippen LogP contribution < -0.4 is 4.90 Å². The van der Waals surface area contributed by atoms with E-state index in [-0.39, 0.29) is 5.91 Å². The van der Waals surface area contributed by atoms with Gasteiger partial charge in [-0.1, -0.05) is 29.8 Å². The van der Waals surface area contributed by atoms with Crippen LogP contribution in [-0.2, 0) is 27.9 Å². The molecule has 1 aliphatic heterocycles. The van der Waals surface area contributed by atoms with Crippen LogP contribution in [0.3, 0.4) is 0 Å². The van der Waals surface area contributed by atoms with Gasteiger partial charge in [-0.15, -0.1) is 0 Å². The van der Waals surface area contributed by atoms with E-state index in [1.54, 1.807) is 24.0 Å². The first kappa shape index (κ1) is 31.6. The van der Waals surface area contributed by atoms with E-state index in [9.17, 15) is 14.7 Å². The maximum atomic E-state index is 13.2. The average molecular weight is 662 g/mol. The highest BCUT2D eigenvalue weighted by Crippen LogP contribution is 2.49. The summed E-state index contributed by atoms with van der Waals surface area (Å²) in [5.74, 6) is -1.22. The van der Waals surface area contributed by atoms with Crippen molar-refractivity contribution in [1.82, 2.24) is 19.3 Å². The molecule has 1 aliphatic rings. The molecule has 9 nitrogen and oxygen atoms in total. The van der Waals surface area contributed by atoms with Gasteiger partial charge in [0.05, 0.1) is 34.2 Å². The van der Waals surface area contributed by atoms with Gasteiger partial charge in [0.15, 0.2) is 6.10 Å². The molecule has 10 heteroatoms. The molecule has 0 spiro atoms. The number of halogens is 1. The first-order chi connectivity index (χ1) is 22.8. The topological polar surface area (TPSA) is 102 Å². The van der Waals surface area contributed by atoms with E-state index < -0.39 is 17.7 Å². The lowest BCUT2D eigenvalue weighted by atomic mass is 9.87. The highest BCUT2D eigenvalue weighted by Gasteiger charge is 2.37. The first-order valence-corrected chi connectivity index (χ1v) is 16.2. The summed E-state index contributed by atoms with van der Waals surface area (Å²) in [7, 11) is 1.92. The standard InChI is InChI=1S/C38H36ClN5O4/c1-21-32(36(37(46)47)48-38(3,4)5)33(23-7-10-27(39)11-8-23)28-19-31(44-16-15-43(22(2)45)34(21)35(28)44)25-13-14-40-29(18-25)24-9-12-30-26(17-24)20-41-42(30)6/h7-14,17-20,36H,15-16H2,1-6H3,(H,46,47)/t36-/m0/s1. The zero-order valence-electron chi connectivity index (χ0n) is 27.7. The van der Waals surface area contributed by atoms with Crippen LogP contribution in [0.1, 0.15) is 44.9 Å². The van der Waals surface area contributed by atoms with Crippen molar-refractivity contribution in [3.05, 3.63) is 89.2 Å². The van der Waals surface area contributed by atoms with Gasteiger partial charge in [-0.3, -0.25) is 14.5 Å². The second-order valence-electron chi connectivity index (χ2n) is 13.3. The highest BCUT2D eigenvalue weighted by molar-refractivity contribution is 6.30. The molecule has 1 atom stereocenters. The number of aromatic nitrogens is 4. The number of nitrogens with zero attached hydrogens (tertiary/aromatic N) is 5. The number of hydrogen-bond acceptors (Lipinski definition) is 5. The molecule has 48 heavy (non-hydrogen) atoms. The molecule has 4 heterocycles. The monoisotopic (exact) mass is 661 g/mol. The third-order valence-electron chi connectivity index (χ3n) is 9.00. The number of hydrogen-bond donors (Lipinski definition) is 1. The van der Waals surface area contributed by atoms with Crippen molar-refractivity contribution in [2.24, 2.45) is 7.05 Å². The van der Waals surface area contributed by atoms with Crippen molar-refractivity contribution < 1.29 is 19.4 Å². The molecule has 0 bridgehead atoms. The number of ether oxygens (including phenoxy) is 1. The summed E-state index contributed by atoms with van der Waals surface area (Å²) in [5.41, 5.74) is 8.26. The molecule has 0 unspecified atom stereocenters. The van der Waals surface area contributed by atoms with Gasteiger partial charge in [0.25, 0.3) is 0 Å². The maximum Gasteiger partial charge on any atom is 0.337 e. The molecule has 3 aromatic heterocycles. The molecule has 0 fully saturated rings. The summed E-state index contributed by atoms with van der Waals surface area (Å²) in [6, 6.07) is 19.8. The number of carbonyl (C=O) groups excluding carboxylic acids is 1. The molecule has 0 saturated heterocycles. The Morgan fingerprint density at radius 1 is 0.979 bits per heavy atom. The van der Waals surface area contributed by atoms with E-state index in [2.05, 4.69) is 27.9 Å². The molecule has 1 N–H and O–H groups in total. The van der Waals surface area contributed by atoms with Crippen LogP contribution in [0.2, 0.25) is 5.02 Å². The van der Waals surface area contributed by atoms with Crippen molar-refractivity contribution in [2.45, 2.75) is 52.9 Å². The zero-order chi connectivity index (χ0) is 34.1. The van der Waals surface area contributed by atoms with Crippen LogP contribution in [0, 0.1) is 6.92 Å². The van der Waals surface area contributed by atoms with E-state index in [1.807, 2.05) is 82.1 Å². The highest BCUT2D eigenvalue weighted by atomic mass is 35.5. The predicted octanol–water partition coefficient (Wildman–Crippen LogP) is 8.19. The third kappa shape index (κ3) is 5.33. The van der Waals surface area contributed by atoms with Crippen LogP contribution in [0.15, 0.2) is 73.1 Å². The fraction of sp³-hybridized carbons (Fsp3) is 0.263. The Kier molecular flexibility index (Phi) is 7.64. The number of carbonyl (C=O) groups is 2. The summed E-state index contributed by atoms with van der Waals surface area (Å²) in [6.07, 6.45) is 2.36. The van der Waals surface area contributed by atoms with E-state index in [0.29, 0.717) is 34.9 Å². The van der Waals surface area contributed by atoms with Gasteiger partial charge in [-0.2, -0.15) is 5.10 Å². The number of aliphatic carboxylic acids is 1. The van der Waals surface area contributed by atoms with Gasteiger partial charge in [0.2, 0.25) is 5.91 Å². The minimum atomic E-state index is -1.30. The summed E-state index contributed by atoms with van der Waals surface area (Å²) in [5, 5.41) is 17.5. The lowest BCUT2D eigenvalue weighted by Gasteiger charge is -2.34. The Labute approximate surface area is 283 Å². The molecule has 0 saturated carbocycles. The Bertz CT molecular complexity index is 2260. The number of carboxylic acids is 1. The normalized spacial score (nSPS) is 13.8. The molecule has 0 radical (unpaired) electrons. The van der Waals surface area contributed by atoms with Crippen molar-refractivity contribution in [3.63, 3.8) is 0 Å². The number of benzene rings is 3. The van der Waals surface area contributed by atoms with Gasteiger partial charge in [-0.05, 0) is 86.8 Å². The summed E-state index contributed by atoms with van der Waals surface area (Å²) >= 11 is 6.33. The number of aryl methyl sites for hydroxylation is 1. The molecule has 0 aliphatic carbocycles. The van der Waals surface area contributed by atoms with Crippen molar-refractivity contribution >= 4 is 51.0 Å². The Balaban J connectivity index is 1.53. The Morgan fingerprint density at radius 3 is 2.40 bits per heavy atom. The second kappa shape index (κ2) is 11.6. The molecular formula is C38H36ClN5O4. The van der Waals surface area contributed by atoms with Gasteiger partial charge < -0.3 is 19.3 Å². The summed E-state index contributed by atoms with van der Waals surface area (Å²) < 4.78 is 10.4. The fourth-order valence-corrected chi connectivity index (χ4v) is 7.10. The SMILES string of the molecule is CC(=O)N1CCn2c(-c3ccnc(-c4ccc5c(cnn5C)c4)c3)cc3c(-c4ccc(Cl)cc4)c([C@H](OC(C)(C)C)C(=O)O)c(C)c1c32. The van der Waals surface area contributed by atoms with Gasteiger partial charge in [0.1, 0.15) is 0 Å². The molecule has 6 aromatic rings. The summed E-state index contributed by atoms with van der Waals surface area (Å²) in [4.78, 5) is 32.7. The van der Waals surface area contributed by atoms with Crippen molar-refractivity contribution in [2.75, 3.05) is 11.4 Å². The Hall–Kier alpha value is -4.99. The lowest BCUT2D eigenvalue weighted by Crippen LogP contribution is -2.37. The molecular weight excluding hydrogens is 626 g/mol. The van der Waals surface area contributed by atoms with Crippen LogP contribution in [0.4, 0.5) is 5.69 Å². The average Bonchev–Trinajstić information content (AvgIpc) is 3.62.